The molecule has 7 nitrogen and oxygen atoms in total. The molecule has 2 N–H and O–H groups in total. The van der Waals surface area contributed by atoms with Crippen molar-refractivity contribution in [1.82, 2.24) is 4.72 Å². The Labute approximate surface area is 115 Å². The van der Waals surface area contributed by atoms with Crippen molar-refractivity contribution in [3.8, 4) is 0 Å². The van der Waals surface area contributed by atoms with E-state index in [1.54, 1.807) is 0 Å². The van der Waals surface area contributed by atoms with Crippen LogP contribution in [0.5, 0.6) is 0 Å². The number of nitrogens with one attached hydrogen (secondary N) is 2. The van der Waals surface area contributed by atoms with Crippen LogP contribution in [0.15, 0.2) is 17.0 Å². The summed E-state index contributed by atoms with van der Waals surface area (Å²) < 4.78 is 40.7. The Balaban J connectivity index is 2.46. The van der Waals surface area contributed by atoms with Crippen molar-refractivity contribution in [3.05, 3.63) is 28.1 Å². The van der Waals surface area contributed by atoms with Gasteiger partial charge in [0.05, 0.1) is 16.7 Å². The third-order valence-electron chi connectivity index (χ3n) is 3.20. The number of sulfonamides is 1. The second-order valence-electron chi connectivity index (χ2n) is 4.56. The summed E-state index contributed by atoms with van der Waals surface area (Å²) >= 11 is 0. The van der Waals surface area contributed by atoms with E-state index in [-0.39, 0.29) is 11.7 Å². The third-order valence-corrected chi connectivity index (χ3v) is 4.80. The maximum atomic E-state index is 14.0. The summed E-state index contributed by atoms with van der Waals surface area (Å²) in [6.45, 7) is 0. The minimum Gasteiger partial charge on any atom is -0.387 e. The van der Waals surface area contributed by atoms with Gasteiger partial charge < -0.3 is 5.32 Å². The number of nitro benzene ring substituents is 1. The topological polar surface area (TPSA) is 101 Å². The van der Waals surface area contributed by atoms with E-state index in [0.717, 1.165) is 12.5 Å². The summed E-state index contributed by atoms with van der Waals surface area (Å²) in [5, 5.41) is 13.1. The lowest BCUT2D eigenvalue weighted by molar-refractivity contribution is -0.385. The summed E-state index contributed by atoms with van der Waals surface area (Å²) in [5.41, 5.74) is -0.641. The van der Waals surface area contributed by atoms with Crippen LogP contribution >= 0.6 is 0 Å². The fourth-order valence-electron chi connectivity index (χ4n) is 1.95. The molecule has 1 aliphatic carbocycles. The number of benzene rings is 1. The zero-order valence-corrected chi connectivity index (χ0v) is 11.5. The van der Waals surface area contributed by atoms with Crippen LogP contribution < -0.4 is 10.0 Å². The van der Waals surface area contributed by atoms with Gasteiger partial charge in [0, 0.05) is 19.2 Å². The summed E-state index contributed by atoms with van der Waals surface area (Å²) in [6.07, 6.45) is 2.35. The lowest BCUT2D eigenvalue weighted by Crippen LogP contribution is -2.39. The van der Waals surface area contributed by atoms with Crippen molar-refractivity contribution in [1.29, 1.82) is 0 Å². The molecule has 1 fully saturated rings. The van der Waals surface area contributed by atoms with Gasteiger partial charge in [-0.25, -0.2) is 17.5 Å². The van der Waals surface area contributed by atoms with Gasteiger partial charge >= 0.3 is 0 Å². The molecule has 20 heavy (non-hydrogen) atoms. The van der Waals surface area contributed by atoms with Gasteiger partial charge in [-0.2, -0.15) is 0 Å². The number of anilines is 1. The number of hydrogen-bond acceptors (Lipinski definition) is 5. The second-order valence-corrected chi connectivity index (χ2v) is 6.21. The van der Waals surface area contributed by atoms with Crippen LogP contribution in [-0.2, 0) is 10.0 Å². The molecule has 9 heteroatoms. The third kappa shape index (κ3) is 2.73. The minimum absolute atomic E-state index is 0.136. The van der Waals surface area contributed by atoms with Crippen molar-refractivity contribution in [3.63, 3.8) is 0 Å². The van der Waals surface area contributed by atoms with Crippen molar-refractivity contribution in [2.75, 3.05) is 12.4 Å². The summed E-state index contributed by atoms with van der Waals surface area (Å²) in [4.78, 5) is 9.30. The predicted octanol–water partition coefficient (Wildman–Crippen LogP) is 1.61. The van der Waals surface area contributed by atoms with E-state index in [9.17, 15) is 22.9 Å². The first-order valence-electron chi connectivity index (χ1n) is 6.03. The molecule has 1 saturated carbocycles. The molecule has 2 rings (SSSR count). The lowest BCUT2D eigenvalue weighted by atomic mass is 9.94. The SMILES string of the molecule is CNc1cc([N+](=O)[O-])cc(F)c1S(=O)(=O)NC1CCC1. The first kappa shape index (κ1) is 14.7. The fourth-order valence-corrected chi connectivity index (χ4v) is 3.51. The van der Waals surface area contributed by atoms with Gasteiger partial charge in [0.25, 0.3) is 5.69 Å². The first-order valence-corrected chi connectivity index (χ1v) is 7.51. The minimum atomic E-state index is -4.05. The quantitative estimate of drug-likeness (QED) is 0.635. The molecule has 110 valence electrons. The monoisotopic (exact) mass is 303 g/mol. The maximum Gasteiger partial charge on any atom is 0.274 e. The maximum absolute atomic E-state index is 14.0. The normalized spacial score (nSPS) is 15.7. The molecule has 0 aliphatic heterocycles. The van der Waals surface area contributed by atoms with Crippen LogP contribution in [0.2, 0.25) is 0 Å². The Morgan fingerprint density at radius 2 is 2.05 bits per heavy atom. The Hall–Kier alpha value is -1.74. The van der Waals surface area contributed by atoms with Gasteiger partial charge in [-0.05, 0) is 12.8 Å². The number of rotatable bonds is 5. The van der Waals surface area contributed by atoms with Gasteiger partial charge in [0.2, 0.25) is 10.0 Å². The summed E-state index contributed by atoms with van der Waals surface area (Å²) in [6, 6.07) is 1.41. The molecule has 0 saturated heterocycles. The van der Waals surface area contributed by atoms with E-state index in [1.807, 2.05) is 0 Å². The zero-order chi connectivity index (χ0) is 14.9. The van der Waals surface area contributed by atoms with Crippen molar-refractivity contribution >= 4 is 21.4 Å². The average molecular weight is 303 g/mol. The molecule has 1 aromatic rings. The van der Waals surface area contributed by atoms with Gasteiger partial charge in [-0.3, -0.25) is 10.1 Å². The van der Waals surface area contributed by atoms with E-state index in [0.29, 0.717) is 18.9 Å². The lowest BCUT2D eigenvalue weighted by Gasteiger charge is -2.26. The summed E-state index contributed by atoms with van der Waals surface area (Å²) in [7, 11) is -2.67. The Bertz CT molecular complexity index is 643. The van der Waals surface area contributed by atoms with E-state index >= 15 is 0 Å². The standard InChI is InChI=1S/C11H14FN3O4S/c1-13-10-6-8(15(16)17)5-9(12)11(10)20(18,19)14-7-3-2-4-7/h5-7,13-14H,2-4H2,1H3. The van der Waals surface area contributed by atoms with Crippen LogP contribution in [0.3, 0.4) is 0 Å². The molecule has 0 atom stereocenters. The number of halogens is 1. The van der Waals surface area contributed by atoms with E-state index in [1.165, 1.54) is 7.05 Å². The van der Waals surface area contributed by atoms with Crippen LogP contribution in [-0.4, -0.2) is 26.4 Å². The highest BCUT2D eigenvalue weighted by molar-refractivity contribution is 7.89. The van der Waals surface area contributed by atoms with E-state index in [2.05, 4.69) is 10.0 Å². The van der Waals surface area contributed by atoms with Crippen molar-refractivity contribution < 1.29 is 17.7 Å². The first-order chi connectivity index (χ1) is 9.35. The molecular formula is C11H14FN3O4S. The molecule has 0 aromatic heterocycles. The molecule has 0 amide bonds. The fraction of sp³-hybridized carbons (Fsp3) is 0.455. The summed E-state index contributed by atoms with van der Waals surface area (Å²) in [5.74, 6) is -1.14. The van der Waals surface area contributed by atoms with Gasteiger partial charge in [0.1, 0.15) is 4.90 Å². The van der Waals surface area contributed by atoms with Crippen LogP contribution in [0.25, 0.3) is 0 Å². The van der Waals surface area contributed by atoms with Crippen LogP contribution in [0, 0.1) is 15.9 Å². The van der Waals surface area contributed by atoms with Gasteiger partial charge in [0.15, 0.2) is 5.82 Å². The average Bonchev–Trinajstić information content (AvgIpc) is 2.32. The highest BCUT2D eigenvalue weighted by atomic mass is 32.2. The van der Waals surface area contributed by atoms with Crippen LogP contribution in [0.1, 0.15) is 19.3 Å². The predicted molar refractivity (Wildman–Crippen MR) is 70.6 cm³/mol. The molecule has 0 bridgehead atoms. The number of hydrogen-bond donors (Lipinski definition) is 2. The molecule has 0 spiro atoms. The van der Waals surface area contributed by atoms with Gasteiger partial charge in [-0.1, -0.05) is 6.42 Å². The molecular weight excluding hydrogens is 289 g/mol. The molecule has 1 aliphatic rings. The van der Waals surface area contributed by atoms with Crippen LogP contribution in [0.4, 0.5) is 15.8 Å². The van der Waals surface area contributed by atoms with Crippen molar-refractivity contribution in [2.45, 2.75) is 30.2 Å². The molecule has 1 aromatic carbocycles. The van der Waals surface area contributed by atoms with E-state index < -0.39 is 31.3 Å². The highest BCUT2D eigenvalue weighted by Crippen LogP contribution is 2.30. The van der Waals surface area contributed by atoms with Crippen molar-refractivity contribution in [2.24, 2.45) is 0 Å². The Morgan fingerprint density at radius 3 is 2.50 bits per heavy atom. The molecule has 0 heterocycles. The number of nitrogens with zero attached hydrogens (tertiary/aromatic N) is 1. The smallest absolute Gasteiger partial charge is 0.274 e. The largest absolute Gasteiger partial charge is 0.387 e. The molecule has 0 unspecified atom stereocenters. The van der Waals surface area contributed by atoms with Gasteiger partial charge in [-0.15, -0.1) is 0 Å². The Kier molecular flexibility index (Phi) is 3.91. The Morgan fingerprint density at radius 1 is 1.40 bits per heavy atom. The number of nitro groups is 1. The highest BCUT2D eigenvalue weighted by Gasteiger charge is 2.30. The second kappa shape index (κ2) is 5.33. The zero-order valence-electron chi connectivity index (χ0n) is 10.7. The molecule has 0 radical (unpaired) electrons. The number of non-ortho nitro benzene ring substituents is 1. The van der Waals surface area contributed by atoms with E-state index in [4.69, 9.17) is 0 Å².